The van der Waals surface area contributed by atoms with E-state index in [4.69, 9.17) is 11.5 Å². The third-order valence-electron chi connectivity index (χ3n) is 5.17. The van der Waals surface area contributed by atoms with E-state index in [0.29, 0.717) is 29.1 Å². The van der Waals surface area contributed by atoms with E-state index in [1.807, 2.05) is 44.2 Å². The first-order valence-corrected chi connectivity index (χ1v) is 11.7. The summed E-state index contributed by atoms with van der Waals surface area (Å²) >= 11 is 0. The zero-order valence-electron chi connectivity index (χ0n) is 22.1. The first-order chi connectivity index (χ1) is 16.5. The molecule has 0 aliphatic rings. The van der Waals surface area contributed by atoms with Crippen LogP contribution >= 0.6 is 0 Å². The number of benzene rings is 1. The molecular weight excluding hydrogens is 438 g/mol. The summed E-state index contributed by atoms with van der Waals surface area (Å²) in [4.78, 5) is 16.7. The third kappa shape index (κ3) is 9.29. The summed E-state index contributed by atoms with van der Waals surface area (Å²) < 4.78 is 0. The van der Waals surface area contributed by atoms with E-state index >= 15 is 0 Å². The lowest BCUT2D eigenvalue weighted by Gasteiger charge is -2.17. The summed E-state index contributed by atoms with van der Waals surface area (Å²) in [5, 5.41) is 15.9. The molecule has 0 fully saturated rings. The Balaban J connectivity index is 3.62. The summed E-state index contributed by atoms with van der Waals surface area (Å²) in [5.74, 6) is 0.225. The fraction of sp³-hybridized carbons (Fsp3) is 0.357. The molecule has 0 saturated carbocycles. The Hall–Kier alpha value is -3.58. The average Bonchev–Trinajstić information content (AvgIpc) is 2.77. The predicted octanol–water partition coefficient (Wildman–Crippen LogP) is 4.12. The van der Waals surface area contributed by atoms with Crippen LogP contribution in [0.15, 0.2) is 76.2 Å². The number of hydrogen-bond donors (Lipinski definition) is 5. The van der Waals surface area contributed by atoms with Gasteiger partial charge in [0.2, 0.25) is 0 Å². The number of nitrogens with one attached hydrogen (secondary N) is 2. The fourth-order valence-electron chi connectivity index (χ4n) is 3.52. The summed E-state index contributed by atoms with van der Waals surface area (Å²) in [6, 6.07) is 5.82. The molecule has 7 heteroatoms. The number of nitrogens with zero attached hydrogens (tertiary/aromatic N) is 1. The molecule has 0 bridgehead atoms. The van der Waals surface area contributed by atoms with E-state index < -0.39 is 5.60 Å². The molecule has 190 valence electrons. The topological polar surface area (TPSA) is 126 Å². The Morgan fingerprint density at radius 3 is 2.49 bits per heavy atom. The van der Waals surface area contributed by atoms with E-state index in [1.54, 1.807) is 40.1 Å². The van der Waals surface area contributed by atoms with Gasteiger partial charge in [-0.3, -0.25) is 4.79 Å². The SMILES string of the molecule is C\C=C(NC)/C(=C\C(=C\CC)c1c(C)cccc1N)C(/C=O)=C(C)/N=C(N)/C=C\NCC(C)(C)O. The standard InChI is InChI=1S/C28H41N5O2/c1-8-11-21(27-19(3)12-10-13-24(27)29)16-22(25(9-2)31-7)23(17-34)20(4)33-26(30)14-15-32-18-28(5,6)35/h9-17,31-32,35H,8,18,29H2,1-7H3,(H2,30,33)/b15-14-,21-11-,22-16-,23-20+,25-9+. The number of nitrogens with two attached hydrogens (primary N) is 2. The molecule has 0 radical (unpaired) electrons. The zero-order valence-corrected chi connectivity index (χ0v) is 22.1. The number of carbonyl (C=O) groups excluding carboxylic acids is 1. The molecule has 7 nitrogen and oxygen atoms in total. The second kappa shape index (κ2) is 14.0. The van der Waals surface area contributed by atoms with Crippen molar-refractivity contribution < 1.29 is 9.90 Å². The highest BCUT2D eigenvalue weighted by molar-refractivity contribution is 5.94. The smallest absolute Gasteiger partial charge is 0.152 e. The number of aliphatic imine (C=N–C) groups is 1. The molecular formula is C28H41N5O2. The molecule has 0 saturated heterocycles. The lowest BCUT2D eigenvalue weighted by Crippen LogP contribution is -2.32. The van der Waals surface area contributed by atoms with Crippen molar-refractivity contribution in [1.82, 2.24) is 10.6 Å². The Bertz CT molecular complexity index is 1050. The van der Waals surface area contributed by atoms with E-state index in [1.165, 1.54) is 0 Å². The van der Waals surface area contributed by atoms with Crippen molar-refractivity contribution in [2.45, 2.75) is 53.6 Å². The first-order valence-electron chi connectivity index (χ1n) is 11.7. The number of nitrogen functional groups attached to an aromatic ring is 1. The Labute approximate surface area is 210 Å². The molecule has 1 rings (SSSR count). The normalized spacial score (nSPS) is 14.7. The van der Waals surface area contributed by atoms with Gasteiger partial charge in [0.25, 0.3) is 0 Å². The van der Waals surface area contributed by atoms with Gasteiger partial charge >= 0.3 is 0 Å². The highest BCUT2D eigenvalue weighted by atomic mass is 16.3. The number of anilines is 1. The monoisotopic (exact) mass is 479 g/mol. The van der Waals surface area contributed by atoms with Gasteiger partial charge in [-0.2, -0.15) is 0 Å². The van der Waals surface area contributed by atoms with Crippen molar-refractivity contribution in [3.05, 3.63) is 82.4 Å². The maximum absolute atomic E-state index is 12.3. The summed E-state index contributed by atoms with van der Waals surface area (Å²) in [6.07, 6.45) is 10.8. The number of carbonyl (C=O) groups is 1. The average molecular weight is 480 g/mol. The van der Waals surface area contributed by atoms with Gasteiger partial charge in [0.15, 0.2) is 6.29 Å². The molecule has 0 aromatic heterocycles. The van der Waals surface area contributed by atoms with Crippen LogP contribution in [-0.4, -0.2) is 36.4 Å². The van der Waals surface area contributed by atoms with Gasteiger partial charge in [0, 0.05) is 47.9 Å². The molecule has 35 heavy (non-hydrogen) atoms. The maximum atomic E-state index is 12.3. The number of allylic oxidation sites excluding steroid dienone is 6. The quantitative estimate of drug-likeness (QED) is 0.0767. The summed E-state index contributed by atoms with van der Waals surface area (Å²) in [5.41, 5.74) is 17.5. The fourth-order valence-corrected chi connectivity index (χ4v) is 3.52. The highest BCUT2D eigenvalue weighted by Gasteiger charge is 2.16. The van der Waals surface area contributed by atoms with Crippen LogP contribution in [0.3, 0.4) is 0 Å². The van der Waals surface area contributed by atoms with Gasteiger partial charge in [-0.15, -0.1) is 0 Å². The minimum atomic E-state index is -0.850. The predicted molar refractivity (Wildman–Crippen MR) is 149 cm³/mol. The molecule has 1 aromatic rings. The van der Waals surface area contributed by atoms with E-state index in [0.717, 1.165) is 35.1 Å². The highest BCUT2D eigenvalue weighted by Crippen LogP contribution is 2.31. The van der Waals surface area contributed by atoms with Crippen LogP contribution in [0, 0.1) is 6.92 Å². The van der Waals surface area contributed by atoms with Crippen LogP contribution < -0.4 is 22.1 Å². The Morgan fingerprint density at radius 2 is 1.97 bits per heavy atom. The van der Waals surface area contributed by atoms with Crippen molar-refractivity contribution in [3.63, 3.8) is 0 Å². The maximum Gasteiger partial charge on any atom is 0.152 e. The summed E-state index contributed by atoms with van der Waals surface area (Å²) in [6.45, 7) is 11.5. The van der Waals surface area contributed by atoms with E-state index in [-0.39, 0.29) is 5.84 Å². The van der Waals surface area contributed by atoms with Crippen molar-refractivity contribution in [2.24, 2.45) is 10.7 Å². The van der Waals surface area contributed by atoms with Gasteiger partial charge < -0.3 is 27.2 Å². The number of aryl methyl sites for hydroxylation is 1. The van der Waals surface area contributed by atoms with Crippen LogP contribution in [0.4, 0.5) is 5.69 Å². The van der Waals surface area contributed by atoms with Crippen LogP contribution in [0.1, 0.15) is 52.2 Å². The number of aldehydes is 1. The van der Waals surface area contributed by atoms with Crippen LogP contribution in [-0.2, 0) is 4.79 Å². The van der Waals surface area contributed by atoms with Gasteiger partial charge in [-0.05, 0) is 70.4 Å². The lowest BCUT2D eigenvalue weighted by atomic mass is 9.92. The number of aliphatic hydroxyl groups is 1. The Morgan fingerprint density at radius 1 is 1.29 bits per heavy atom. The second-order valence-corrected chi connectivity index (χ2v) is 8.80. The van der Waals surface area contributed by atoms with Crippen LogP contribution in [0.25, 0.3) is 5.57 Å². The molecule has 0 unspecified atom stereocenters. The largest absolute Gasteiger partial charge is 0.398 e. The minimum Gasteiger partial charge on any atom is -0.398 e. The number of likely N-dealkylation sites (N-methyl/N-ethyl adjacent to an activating group) is 1. The van der Waals surface area contributed by atoms with Gasteiger partial charge in [0.1, 0.15) is 5.84 Å². The second-order valence-electron chi connectivity index (χ2n) is 8.80. The van der Waals surface area contributed by atoms with Gasteiger partial charge in [-0.1, -0.05) is 31.2 Å². The molecule has 0 aliphatic carbocycles. The number of amidine groups is 1. The molecule has 0 aliphatic heterocycles. The van der Waals surface area contributed by atoms with Crippen LogP contribution in [0.2, 0.25) is 0 Å². The first kappa shape index (κ1) is 29.5. The zero-order chi connectivity index (χ0) is 26.6. The molecule has 7 N–H and O–H groups in total. The van der Waals surface area contributed by atoms with Crippen molar-refractivity contribution >= 4 is 23.4 Å². The van der Waals surface area contributed by atoms with Crippen molar-refractivity contribution in [3.8, 4) is 0 Å². The van der Waals surface area contributed by atoms with Crippen LogP contribution in [0.5, 0.6) is 0 Å². The van der Waals surface area contributed by atoms with Crippen molar-refractivity contribution in [2.75, 3.05) is 19.3 Å². The van der Waals surface area contributed by atoms with Gasteiger partial charge in [0.05, 0.1) is 11.3 Å². The van der Waals surface area contributed by atoms with E-state index in [2.05, 4.69) is 28.6 Å². The number of hydrogen-bond acceptors (Lipinski definition) is 6. The van der Waals surface area contributed by atoms with E-state index in [9.17, 15) is 9.90 Å². The van der Waals surface area contributed by atoms with Gasteiger partial charge in [-0.25, -0.2) is 4.99 Å². The van der Waals surface area contributed by atoms with Crippen molar-refractivity contribution in [1.29, 1.82) is 0 Å². The molecule has 1 aromatic carbocycles. The molecule has 0 spiro atoms. The molecule has 0 atom stereocenters. The number of rotatable bonds is 12. The molecule has 0 amide bonds. The summed E-state index contributed by atoms with van der Waals surface area (Å²) in [7, 11) is 1.81. The lowest BCUT2D eigenvalue weighted by molar-refractivity contribution is -0.104. The minimum absolute atomic E-state index is 0.225. The third-order valence-corrected chi connectivity index (χ3v) is 5.17. The Kier molecular flexibility index (Phi) is 11.8. The molecule has 0 heterocycles.